The molecule has 3 heteroatoms. The van der Waals surface area contributed by atoms with Crippen molar-refractivity contribution >= 4 is 0 Å². The van der Waals surface area contributed by atoms with E-state index in [0.29, 0.717) is 6.61 Å². The molecule has 0 aromatic rings. The van der Waals surface area contributed by atoms with Crippen molar-refractivity contribution < 1.29 is 14.2 Å². The van der Waals surface area contributed by atoms with Gasteiger partial charge in [-0.2, -0.15) is 0 Å². The van der Waals surface area contributed by atoms with Crippen molar-refractivity contribution in [2.24, 2.45) is 0 Å². The summed E-state index contributed by atoms with van der Waals surface area (Å²) < 4.78 is 16.7. The molecular formula is C12H22O3. The summed E-state index contributed by atoms with van der Waals surface area (Å²) in [7, 11) is 0. The van der Waals surface area contributed by atoms with Crippen LogP contribution < -0.4 is 0 Å². The van der Waals surface area contributed by atoms with E-state index in [1.807, 2.05) is 19.9 Å². The molecule has 15 heavy (non-hydrogen) atoms. The number of hydrogen-bond acceptors (Lipinski definition) is 3. The van der Waals surface area contributed by atoms with Gasteiger partial charge in [0.1, 0.15) is 0 Å². The first-order valence-electron chi connectivity index (χ1n) is 5.74. The van der Waals surface area contributed by atoms with Gasteiger partial charge in [-0.25, -0.2) is 0 Å². The molecule has 2 atom stereocenters. The standard InChI is InChI=1S/C12H22O3/c1-4-8-13-9-6-7-11-10-14-12(3,5-2)15-11/h4,8,11H,5-7,9-10H2,1-3H3. The van der Waals surface area contributed by atoms with E-state index in [9.17, 15) is 0 Å². The molecule has 3 nitrogen and oxygen atoms in total. The zero-order chi connectivity index (χ0) is 11.1. The Morgan fingerprint density at radius 1 is 1.53 bits per heavy atom. The molecule has 0 bridgehead atoms. The molecule has 1 heterocycles. The van der Waals surface area contributed by atoms with Gasteiger partial charge >= 0.3 is 0 Å². The van der Waals surface area contributed by atoms with E-state index in [1.165, 1.54) is 0 Å². The third-order valence-electron chi connectivity index (χ3n) is 2.65. The van der Waals surface area contributed by atoms with Crippen molar-refractivity contribution in [3.05, 3.63) is 12.3 Å². The lowest BCUT2D eigenvalue weighted by molar-refractivity contribution is -0.155. The number of ether oxygens (including phenoxy) is 3. The van der Waals surface area contributed by atoms with Crippen LogP contribution in [0.1, 0.15) is 40.0 Å². The van der Waals surface area contributed by atoms with Gasteiger partial charge in [0.2, 0.25) is 0 Å². The number of hydrogen-bond donors (Lipinski definition) is 0. The second-order valence-electron chi connectivity index (χ2n) is 4.02. The molecule has 0 radical (unpaired) electrons. The predicted octanol–water partition coefficient (Wildman–Crippen LogP) is 2.86. The van der Waals surface area contributed by atoms with E-state index in [4.69, 9.17) is 14.2 Å². The van der Waals surface area contributed by atoms with Crippen LogP contribution >= 0.6 is 0 Å². The minimum Gasteiger partial charge on any atom is -0.502 e. The van der Waals surface area contributed by atoms with Crippen LogP contribution in [-0.4, -0.2) is 25.1 Å². The largest absolute Gasteiger partial charge is 0.502 e. The quantitative estimate of drug-likeness (QED) is 0.502. The summed E-state index contributed by atoms with van der Waals surface area (Å²) in [4.78, 5) is 0. The predicted molar refractivity (Wildman–Crippen MR) is 59.5 cm³/mol. The maximum atomic E-state index is 5.81. The summed E-state index contributed by atoms with van der Waals surface area (Å²) >= 11 is 0. The Kier molecular flexibility index (Phi) is 5.12. The summed E-state index contributed by atoms with van der Waals surface area (Å²) in [6.07, 6.45) is 6.78. The summed E-state index contributed by atoms with van der Waals surface area (Å²) in [6.45, 7) is 7.50. The summed E-state index contributed by atoms with van der Waals surface area (Å²) in [5.74, 6) is -0.352. The minimum atomic E-state index is -0.352. The second-order valence-corrected chi connectivity index (χ2v) is 4.02. The molecule has 0 aromatic heterocycles. The second kappa shape index (κ2) is 6.13. The van der Waals surface area contributed by atoms with E-state index in [-0.39, 0.29) is 11.9 Å². The summed E-state index contributed by atoms with van der Waals surface area (Å²) in [5, 5.41) is 0. The highest BCUT2D eigenvalue weighted by Crippen LogP contribution is 2.28. The lowest BCUT2D eigenvalue weighted by atomic mass is 10.2. The first-order chi connectivity index (χ1) is 7.20. The van der Waals surface area contributed by atoms with Gasteiger partial charge < -0.3 is 14.2 Å². The molecule has 0 saturated carbocycles. The van der Waals surface area contributed by atoms with E-state index < -0.39 is 0 Å². The number of allylic oxidation sites excluding steroid dienone is 1. The SMILES string of the molecule is CC=COCCCC1COC(C)(CC)O1. The molecular weight excluding hydrogens is 192 g/mol. The topological polar surface area (TPSA) is 27.7 Å². The summed E-state index contributed by atoms with van der Waals surface area (Å²) in [6, 6.07) is 0. The van der Waals surface area contributed by atoms with Gasteiger partial charge in [-0.15, -0.1) is 0 Å². The normalized spacial score (nSPS) is 31.3. The molecule has 1 rings (SSSR count). The van der Waals surface area contributed by atoms with Crippen LogP contribution in [0.2, 0.25) is 0 Å². The van der Waals surface area contributed by atoms with Gasteiger partial charge in [0, 0.05) is 0 Å². The maximum absolute atomic E-state index is 5.81. The fourth-order valence-electron chi connectivity index (χ4n) is 1.58. The van der Waals surface area contributed by atoms with Gasteiger partial charge in [-0.05, 0) is 33.1 Å². The average molecular weight is 214 g/mol. The van der Waals surface area contributed by atoms with Crippen LogP contribution in [0.4, 0.5) is 0 Å². The van der Waals surface area contributed by atoms with Crippen LogP contribution in [0.15, 0.2) is 12.3 Å². The molecule has 0 N–H and O–H groups in total. The molecule has 0 aromatic carbocycles. The Morgan fingerprint density at radius 3 is 2.93 bits per heavy atom. The molecule has 1 aliphatic heterocycles. The van der Waals surface area contributed by atoms with Crippen LogP contribution in [0, 0.1) is 0 Å². The smallest absolute Gasteiger partial charge is 0.165 e. The highest BCUT2D eigenvalue weighted by atomic mass is 16.7. The average Bonchev–Trinajstić information content (AvgIpc) is 2.61. The molecule has 0 aliphatic carbocycles. The zero-order valence-corrected chi connectivity index (χ0v) is 9.99. The zero-order valence-electron chi connectivity index (χ0n) is 9.99. The van der Waals surface area contributed by atoms with Crippen molar-refractivity contribution in [3.8, 4) is 0 Å². The molecule has 1 saturated heterocycles. The van der Waals surface area contributed by atoms with E-state index in [0.717, 1.165) is 25.9 Å². The Hall–Kier alpha value is -0.540. The van der Waals surface area contributed by atoms with Crippen molar-refractivity contribution in [2.75, 3.05) is 13.2 Å². The van der Waals surface area contributed by atoms with Crippen LogP contribution in [0.3, 0.4) is 0 Å². The molecule has 1 aliphatic rings. The molecule has 1 fully saturated rings. The fourth-order valence-corrected chi connectivity index (χ4v) is 1.58. The van der Waals surface area contributed by atoms with Crippen LogP contribution in [0.25, 0.3) is 0 Å². The van der Waals surface area contributed by atoms with Crippen molar-refractivity contribution in [1.82, 2.24) is 0 Å². The lowest BCUT2D eigenvalue weighted by Gasteiger charge is -2.20. The number of rotatable bonds is 6. The Labute approximate surface area is 92.4 Å². The minimum absolute atomic E-state index is 0.240. The van der Waals surface area contributed by atoms with Crippen LogP contribution in [0.5, 0.6) is 0 Å². The van der Waals surface area contributed by atoms with Crippen molar-refractivity contribution in [1.29, 1.82) is 0 Å². The van der Waals surface area contributed by atoms with Crippen molar-refractivity contribution in [2.45, 2.75) is 51.9 Å². The van der Waals surface area contributed by atoms with Crippen molar-refractivity contribution in [3.63, 3.8) is 0 Å². The third kappa shape index (κ3) is 4.22. The van der Waals surface area contributed by atoms with E-state index in [2.05, 4.69) is 6.92 Å². The molecule has 88 valence electrons. The lowest BCUT2D eigenvalue weighted by Crippen LogP contribution is -2.25. The Balaban J connectivity index is 2.09. The Morgan fingerprint density at radius 2 is 2.33 bits per heavy atom. The first-order valence-corrected chi connectivity index (χ1v) is 5.74. The van der Waals surface area contributed by atoms with Gasteiger partial charge in [0.25, 0.3) is 0 Å². The fraction of sp³-hybridized carbons (Fsp3) is 0.833. The van der Waals surface area contributed by atoms with E-state index >= 15 is 0 Å². The van der Waals surface area contributed by atoms with Gasteiger partial charge in [0.15, 0.2) is 5.79 Å². The molecule has 0 amide bonds. The summed E-state index contributed by atoms with van der Waals surface area (Å²) in [5.41, 5.74) is 0. The van der Waals surface area contributed by atoms with Crippen LogP contribution in [-0.2, 0) is 14.2 Å². The molecule has 2 unspecified atom stereocenters. The van der Waals surface area contributed by atoms with Gasteiger partial charge in [-0.3, -0.25) is 0 Å². The first kappa shape index (κ1) is 12.5. The third-order valence-corrected chi connectivity index (χ3v) is 2.65. The monoisotopic (exact) mass is 214 g/mol. The van der Waals surface area contributed by atoms with E-state index in [1.54, 1.807) is 6.26 Å². The molecule has 0 spiro atoms. The maximum Gasteiger partial charge on any atom is 0.165 e. The highest BCUT2D eigenvalue weighted by molar-refractivity contribution is 4.73. The van der Waals surface area contributed by atoms with Gasteiger partial charge in [-0.1, -0.05) is 13.0 Å². The van der Waals surface area contributed by atoms with Gasteiger partial charge in [0.05, 0.1) is 25.6 Å². The Bertz CT molecular complexity index is 203. The highest BCUT2D eigenvalue weighted by Gasteiger charge is 2.34.